The van der Waals surface area contributed by atoms with E-state index in [0.29, 0.717) is 43.3 Å². The van der Waals surface area contributed by atoms with Crippen molar-refractivity contribution in [2.24, 2.45) is 4.99 Å². The number of nitrogens with zero attached hydrogens (tertiary/aromatic N) is 3. The first kappa shape index (κ1) is 20.2. The van der Waals surface area contributed by atoms with Crippen LogP contribution in [0.5, 0.6) is 0 Å². The third kappa shape index (κ3) is 3.53. The van der Waals surface area contributed by atoms with Gasteiger partial charge in [0.15, 0.2) is 0 Å². The molecule has 1 atom stereocenters. The number of hydrogen-bond donors (Lipinski definition) is 1. The Morgan fingerprint density at radius 1 is 1.21 bits per heavy atom. The highest BCUT2D eigenvalue weighted by Gasteiger charge is 2.59. The van der Waals surface area contributed by atoms with Gasteiger partial charge in [-0.05, 0) is 25.0 Å². The molecule has 2 aliphatic heterocycles. The summed E-state index contributed by atoms with van der Waals surface area (Å²) in [5.74, 6) is -0.604. The van der Waals surface area contributed by atoms with E-state index in [4.69, 9.17) is 9.62 Å². The van der Waals surface area contributed by atoms with Gasteiger partial charge in [-0.25, -0.2) is 10.1 Å². The fourth-order valence-electron chi connectivity index (χ4n) is 4.48. The molecule has 1 N–H and O–H groups in total. The van der Waals surface area contributed by atoms with Crippen LogP contribution in [0.15, 0.2) is 46.6 Å². The largest absolute Gasteiger partial charge is 0.859 e. The quantitative estimate of drug-likeness (QED) is 0.350. The number of para-hydroxylation sites is 1. The molecule has 29 heavy (non-hydrogen) atoms. The predicted octanol–water partition coefficient (Wildman–Crippen LogP) is 2.82. The highest BCUT2D eigenvalue weighted by Crippen LogP contribution is 2.60. The molecule has 0 bridgehead atoms. The second-order valence-electron chi connectivity index (χ2n) is 7.55. The minimum absolute atomic E-state index is 0.447. The lowest BCUT2D eigenvalue weighted by molar-refractivity contribution is -0.301. The molecule has 1 spiro atoms. The van der Waals surface area contributed by atoms with Gasteiger partial charge in [-0.2, -0.15) is 5.26 Å². The van der Waals surface area contributed by atoms with E-state index in [1.54, 1.807) is 24.3 Å². The summed E-state index contributed by atoms with van der Waals surface area (Å²) >= 11 is 1.25. The van der Waals surface area contributed by atoms with Crippen LogP contribution in [0.4, 0.5) is 5.69 Å². The summed E-state index contributed by atoms with van der Waals surface area (Å²) in [6.45, 7) is 2.04. The van der Waals surface area contributed by atoms with Gasteiger partial charge in [0.2, 0.25) is 4.93 Å². The molecule has 1 aliphatic carbocycles. The Morgan fingerprint density at radius 3 is 2.52 bits per heavy atom. The summed E-state index contributed by atoms with van der Waals surface area (Å²) in [7, 11) is 0. The van der Waals surface area contributed by atoms with Gasteiger partial charge in [0, 0.05) is 19.0 Å². The van der Waals surface area contributed by atoms with Gasteiger partial charge in [0.1, 0.15) is 0 Å². The molecule has 1 aromatic rings. The van der Waals surface area contributed by atoms with Crippen molar-refractivity contribution in [3.63, 3.8) is 0 Å². The first-order valence-corrected chi connectivity index (χ1v) is 10.8. The second-order valence-corrected chi connectivity index (χ2v) is 9.11. The molecular weight excluding hydrogens is 390 g/mol. The van der Waals surface area contributed by atoms with Crippen LogP contribution in [0.2, 0.25) is 0 Å². The van der Waals surface area contributed by atoms with Crippen LogP contribution in [0.1, 0.15) is 32.1 Å². The van der Waals surface area contributed by atoms with Gasteiger partial charge in [-0.3, -0.25) is 4.99 Å². The number of ether oxygens (including phenoxy) is 1. The van der Waals surface area contributed by atoms with Gasteiger partial charge >= 0.3 is 0 Å². The second kappa shape index (κ2) is 8.36. The minimum Gasteiger partial charge on any atom is -0.859 e. The van der Waals surface area contributed by atoms with E-state index in [2.05, 4.69) is 11.1 Å². The lowest BCUT2D eigenvalue weighted by atomic mass is 9.82. The number of rotatable bonds is 4. The normalized spacial score (nSPS) is 27.3. The highest BCUT2D eigenvalue weighted by molar-refractivity contribution is 8.03. The van der Waals surface area contributed by atoms with E-state index < -0.39 is 15.6 Å². The van der Waals surface area contributed by atoms with Gasteiger partial charge in [-0.15, -0.1) is 11.8 Å². The Balaban J connectivity index is 1.85. The molecule has 2 fully saturated rings. The fraction of sp³-hybridized carbons (Fsp3) is 0.524. The van der Waals surface area contributed by atoms with E-state index in [9.17, 15) is 15.6 Å². The minimum atomic E-state index is -1.74. The zero-order chi connectivity index (χ0) is 20.3. The molecule has 1 aromatic carbocycles. The van der Waals surface area contributed by atoms with Crippen LogP contribution in [-0.4, -0.2) is 52.0 Å². The zero-order valence-electron chi connectivity index (χ0n) is 16.2. The van der Waals surface area contributed by atoms with Crippen molar-refractivity contribution in [1.29, 1.82) is 5.26 Å². The van der Waals surface area contributed by atoms with Crippen LogP contribution < -0.4 is 5.11 Å². The molecule has 0 amide bonds. The van der Waals surface area contributed by atoms with Gasteiger partial charge in [-0.1, -0.05) is 37.5 Å². The molecule has 1 saturated carbocycles. The van der Waals surface area contributed by atoms with Crippen molar-refractivity contribution in [2.45, 2.75) is 41.8 Å². The molecule has 154 valence electrons. The van der Waals surface area contributed by atoms with E-state index in [0.717, 1.165) is 32.1 Å². The summed E-state index contributed by atoms with van der Waals surface area (Å²) in [5.41, 5.74) is 1.47. The predicted molar refractivity (Wildman–Crippen MR) is 108 cm³/mol. The van der Waals surface area contributed by atoms with Gasteiger partial charge < -0.3 is 14.7 Å². The van der Waals surface area contributed by atoms with Crippen LogP contribution >= 0.6 is 11.8 Å². The number of nitriles is 1. The Labute approximate surface area is 174 Å². The van der Waals surface area contributed by atoms with Crippen LogP contribution in [0.25, 0.3) is 0 Å². The fourth-order valence-corrected chi connectivity index (χ4v) is 6.26. The highest BCUT2D eigenvalue weighted by atomic mass is 32.2. The maximum Gasteiger partial charge on any atom is 0.218 e. The average molecular weight is 415 g/mol. The number of morpholine rings is 1. The SMILES string of the molecule is N#CC1=C(N2CCOCC2)C(OO)(C([O-])=Nc2ccccc2)SC12CCCCC2. The molecule has 2 heterocycles. The summed E-state index contributed by atoms with van der Waals surface area (Å²) < 4.78 is 4.92. The van der Waals surface area contributed by atoms with Crippen LogP contribution in [0.3, 0.4) is 0 Å². The van der Waals surface area contributed by atoms with E-state index in [1.165, 1.54) is 11.8 Å². The Hall–Kier alpha value is -2.05. The van der Waals surface area contributed by atoms with E-state index in [-0.39, 0.29) is 0 Å². The van der Waals surface area contributed by atoms with E-state index in [1.807, 2.05) is 11.0 Å². The molecule has 3 aliphatic rings. The first-order chi connectivity index (χ1) is 14.1. The van der Waals surface area contributed by atoms with Gasteiger partial charge in [0.05, 0.1) is 41.0 Å². The standard InChI is InChI=1S/C21H25N3O4S/c22-15-17-18(24-11-13-27-14-12-24)21(28-26,29-20(17)9-5-2-6-10-20)19(25)23-16-7-3-1-4-8-16/h1,3-4,7-8,26H,2,5-6,9-14H2,(H,23,25)/p-1. The molecule has 0 aromatic heterocycles. The monoisotopic (exact) mass is 414 g/mol. The Kier molecular flexibility index (Phi) is 5.83. The molecule has 1 saturated heterocycles. The van der Waals surface area contributed by atoms with Crippen molar-refractivity contribution >= 4 is 23.3 Å². The van der Waals surface area contributed by atoms with Crippen molar-refractivity contribution < 1.29 is 20.0 Å². The van der Waals surface area contributed by atoms with Crippen molar-refractivity contribution in [1.82, 2.24) is 4.90 Å². The zero-order valence-corrected chi connectivity index (χ0v) is 17.0. The third-order valence-electron chi connectivity index (χ3n) is 5.84. The molecular formula is C21H24N3O4S-. The molecule has 8 heteroatoms. The van der Waals surface area contributed by atoms with Crippen LogP contribution in [-0.2, 0) is 9.62 Å². The molecule has 7 nitrogen and oxygen atoms in total. The van der Waals surface area contributed by atoms with Crippen molar-refractivity contribution in [3.05, 3.63) is 41.6 Å². The third-order valence-corrected chi connectivity index (χ3v) is 7.57. The lowest BCUT2D eigenvalue weighted by Crippen LogP contribution is -2.52. The maximum absolute atomic E-state index is 13.4. The Morgan fingerprint density at radius 2 is 1.90 bits per heavy atom. The number of aliphatic imine (C=N–C) groups is 1. The van der Waals surface area contributed by atoms with Crippen molar-refractivity contribution in [2.75, 3.05) is 26.3 Å². The van der Waals surface area contributed by atoms with Crippen LogP contribution in [0, 0.1) is 11.3 Å². The van der Waals surface area contributed by atoms with Gasteiger partial charge in [0.25, 0.3) is 0 Å². The number of benzene rings is 1. The first-order valence-electron chi connectivity index (χ1n) is 9.97. The Bertz CT molecular complexity index is 839. The molecule has 1 unspecified atom stereocenters. The maximum atomic E-state index is 13.4. The number of hydrogen-bond acceptors (Lipinski definition) is 8. The summed E-state index contributed by atoms with van der Waals surface area (Å²) in [5, 5.41) is 33.7. The molecule has 0 radical (unpaired) electrons. The smallest absolute Gasteiger partial charge is 0.218 e. The molecule has 4 rings (SSSR count). The summed E-state index contributed by atoms with van der Waals surface area (Å²) in [4.78, 5) is 9.43. The average Bonchev–Trinajstić information content (AvgIpc) is 3.05. The van der Waals surface area contributed by atoms with Crippen molar-refractivity contribution in [3.8, 4) is 6.07 Å². The summed E-state index contributed by atoms with van der Waals surface area (Å²) in [6, 6.07) is 11.3. The summed E-state index contributed by atoms with van der Waals surface area (Å²) in [6.07, 6.45) is 4.60. The van der Waals surface area contributed by atoms with E-state index >= 15 is 0 Å². The number of thioether (sulfide) groups is 1. The topological polar surface area (TPSA) is 101 Å². The lowest BCUT2D eigenvalue weighted by Gasteiger charge is -2.41.